The Labute approximate surface area is 104 Å². The molecule has 1 unspecified atom stereocenters. The SMILES string of the molecule is CC(C)C(C)(O)COc1ccccc1[C@H](C)N. The zero-order chi connectivity index (χ0) is 13.1. The van der Waals surface area contributed by atoms with Crippen molar-refractivity contribution >= 4 is 0 Å². The maximum Gasteiger partial charge on any atom is 0.124 e. The molecule has 3 heteroatoms. The summed E-state index contributed by atoms with van der Waals surface area (Å²) in [4.78, 5) is 0. The van der Waals surface area contributed by atoms with Crippen molar-refractivity contribution in [3.8, 4) is 5.75 Å². The summed E-state index contributed by atoms with van der Waals surface area (Å²) in [6, 6.07) is 7.60. The van der Waals surface area contributed by atoms with Crippen molar-refractivity contribution in [2.75, 3.05) is 6.61 Å². The molecule has 3 nitrogen and oxygen atoms in total. The molecule has 1 aromatic rings. The van der Waals surface area contributed by atoms with Gasteiger partial charge in [-0.1, -0.05) is 32.0 Å². The first-order valence-corrected chi connectivity index (χ1v) is 6.04. The van der Waals surface area contributed by atoms with Gasteiger partial charge >= 0.3 is 0 Å². The van der Waals surface area contributed by atoms with Crippen LogP contribution in [-0.2, 0) is 0 Å². The molecule has 0 radical (unpaired) electrons. The predicted molar refractivity (Wildman–Crippen MR) is 70.0 cm³/mol. The van der Waals surface area contributed by atoms with Gasteiger partial charge in [-0.05, 0) is 25.8 Å². The number of rotatable bonds is 5. The molecule has 1 rings (SSSR count). The lowest BCUT2D eigenvalue weighted by Gasteiger charge is -2.28. The Kier molecular flexibility index (Phi) is 4.54. The summed E-state index contributed by atoms with van der Waals surface area (Å²) >= 11 is 0. The van der Waals surface area contributed by atoms with Gasteiger partial charge in [0.25, 0.3) is 0 Å². The maximum absolute atomic E-state index is 10.1. The molecule has 0 fully saturated rings. The van der Waals surface area contributed by atoms with Crippen LogP contribution in [0.25, 0.3) is 0 Å². The fraction of sp³-hybridized carbons (Fsp3) is 0.571. The Morgan fingerprint density at radius 3 is 2.41 bits per heavy atom. The van der Waals surface area contributed by atoms with Crippen LogP contribution in [0.2, 0.25) is 0 Å². The Hall–Kier alpha value is -1.06. The van der Waals surface area contributed by atoms with Crippen LogP contribution in [0.15, 0.2) is 24.3 Å². The van der Waals surface area contributed by atoms with E-state index in [0.717, 1.165) is 11.3 Å². The van der Waals surface area contributed by atoms with Crippen molar-refractivity contribution in [3.05, 3.63) is 29.8 Å². The van der Waals surface area contributed by atoms with Crippen LogP contribution < -0.4 is 10.5 Å². The van der Waals surface area contributed by atoms with E-state index in [9.17, 15) is 5.11 Å². The molecule has 0 aliphatic heterocycles. The van der Waals surface area contributed by atoms with E-state index in [-0.39, 0.29) is 18.6 Å². The molecular formula is C14H23NO2. The molecule has 0 spiro atoms. The normalized spacial score (nSPS) is 16.6. The third-order valence-corrected chi connectivity index (χ3v) is 3.17. The second-order valence-corrected chi connectivity index (χ2v) is 5.13. The van der Waals surface area contributed by atoms with Crippen LogP contribution in [0.1, 0.15) is 39.3 Å². The number of benzene rings is 1. The van der Waals surface area contributed by atoms with Gasteiger partial charge in [-0.15, -0.1) is 0 Å². The lowest BCUT2D eigenvalue weighted by Crippen LogP contribution is -2.38. The molecule has 17 heavy (non-hydrogen) atoms. The van der Waals surface area contributed by atoms with Gasteiger partial charge in [-0.2, -0.15) is 0 Å². The van der Waals surface area contributed by atoms with Crippen molar-refractivity contribution in [2.24, 2.45) is 11.7 Å². The summed E-state index contributed by atoms with van der Waals surface area (Å²) in [5.41, 5.74) is 6.01. The van der Waals surface area contributed by atoms with E-state index in [1.54, 1.807) is 6.92 Å². The molecular weight excluding hydrogens is 214 g/mol. The van der Waals surface area contributed by atoms with Crippen LogP contribution >= 0.6 is 0 Å². The molecule has 96 valence electrons. The monoisotopic (exact) mass is 237 g/mol. The van der Waals surface area contributed by atoms with Gasteiger partial charge in [-0.3, -0.25) is 0 Å². The van der Waals surface area contributed by atoms with Gasteiger partial charge in [-0.25, -0.2) is 0 Å². The molecule has 0 aliphatic rings. The molecule has 1 aromatic carbocycles. The van der Waals surface area contributed by atoms with Crippen molar-refractivity contribution in [1.82, 2.24) is 0 Å². The topological polar surface area (TPSA) is 55.5 Å². The average molecular weight is 237 g/mol. The largest absolute Gasteiger partial charge is 0.490 e. The minimum atomic E-state index is -0.828. The quantitative estimate of drug-likeness (QED) is 0.827. The molecule has 0 heterocycles. The highest BCUT2D eigenvalue weighted by Crippen LogP contribution is 2.25. The molecule has 0 amide bonds. The smallest absolute Gasteiger partial charge is 0.124 e. The first kappa shape index (κ1) is 14.0. The highest BCUT2D eigenvalue weighted by Gasteiger charge is 2.26. The van der Waals surface area contributed by atoms with Crippen LogP contribution in [0.3, 0.4) is 0 Å². The lowest BCUT2D eigenvalue weighted by atomic mass is 9.94. The molecule has 0 saturated heterocycles. The highest BCUT2D eigenvalue weighted by molar-refractivity contribution is 5.35. The summed E-state index contributed by atoms with van der Waals surface area (Å²) < 4.78 is 5.69. The van der Waals surface area contributed by atoms with Crippen LogP contribution in [-0.4, -0.2) is 17.3 Å². The number of hydrogen-bond donors (Lipinski definition) is 2. The lowest BCUT2D eigenvalue weighted by molar-refractivity contribution is -0.0269. The number of aliphatic hydroxyl groups is 1. The van der Waals surface area contributed by atoms with Crippen molar-refractivity contribution in [3.63, 3.8) is 0 Å². The third-order valence-electron chi connectivity index (χ3n) is 3.17. The fourth-order valence-corrected chi connectivity index (χ4v) is 1.38. The molecule has 2 atom stereocenters. The first-order chi connectivity index (χ1) is 7.84. The van der Waals surface area contributed by atoms with Crippen molar-refractivity contribution in [1.29, 1.82) is 0 Å². The van der Waals surface area contributed by atoms with Gasteiger partial charge in [0.05, 0.1) is 5.60 Å². The number of hydrogen-bond acceptors (Lipinski definition) is 3. The highest BCUT2D eigenvalue weighted by atomic mass is 16.5. The zero-order valence-electron chi connectivity index (χ0n) is 11.1. The Balaban J connectivity index is 2.76. The third kappa shape index (κ3) is 3.72. The maximum atomic E-state index is 10.1. The zero-order valence-corrected chi connectivity index (χ0v) is 11.1. The second kappa shape index (κ2) is 5.52. The fourth-order valence-electron chi connectivity index (χ4n) is 1.38. The second-order valence-electron chi connectivity index (χ2n) is 5.13. The van der Waals surface area contributed by atoms with Crippen LogP contribution in [0, 0.1) is 5.92 Å². The van der Waals surface area contributed by atoms with E-state index in [2.05, 4.69) is 0 Å². The summed E-state index contributed by atoms with van der Waals surface area (Å²) in [5, 5.41) is 10.1. The summed E-state index contributed by atoms with van der Waals surface area (Å²) in [6.07, 6.45) is 0. The number of ether oxygens (including phenoxy) is 1. The van der Waals surface area contributed by atoms with Gasteiger partial charge < -0.3 is 15.6 Å². The van der Waals surface area contributed by atoms with Crippen LogP contribution in [0.5, 0.6) is 5.75 Å². The standard InChI is InChI=1S/C14H23NO2/c1-10(2)14(4,16)9-17-13-8-6-5-7-12(13)11(3)15/h5-8,10-11,16H,9,15H2,1-4H3/t11-,14?/m0/s1. The van der Waals surface area contributed by atoms with Crippen molar-refractivity contribution in [2.45, 2.75) is 39.3 Å². The van der Waals surface area contributed by atoms with Gasteiger partial charge in [0.2, 0.25) is 0 Å². The molecule has 3 N–H and O–H groups in total. The molecule has 0 aromatic heterocycles. The number of nitrogens with two attached hydrogens (primary N) is 1. The Morgan fingerprint density at radius 1 is 1.29 bits per heavy atom. The Morgan fingerprint density at radius 2 is 1.88 bits per heavy atom. The van der Waals surface area contributed by atoms with Crippen molar-refractivity contribution < 1.29 is 9.84 Å². The Bertz CT molecular complexity index is 359. The first-order valence-electron chi connectivity index (χ1n) is 6.04. The average Bonchev–Trinajstić information content (AvgIpc) is 2.26. The summed E-state index contributed by atoms with van der Waals surface area (Å²) in [7, 11) is 0. The van der Waals surface area contributed by atoms with E-state index >= 15 is 0 Å². The molecule has 0 bridgehead atoms. The van der Waals surface area contributed by atoms with E-state index < -0.39 is 5.60 Å². The van der Waals surface area contributed by atoms with Crippen LogP contribution in [0.4, 0.5) is 0 Å². The minimum absolute atomic E-state index is 0.0739. The van der Waals surface area contributed by atoms with E-state index in [1.165, 1.54) is 0 Å². The van der Waals surface area contributed by atoms with Gasteiger partial charge in [0.1, 0.15) is 12.4 Å². The predicted octanol–water partition coefficient (Wildman–Crippen LogP) is 2.49. The van der Waals surface area contributed by atoms with E-state index in [0.29, 0.717) is 0 Å². The van der Waals surface area contributed by atoms with E-state index in [1.807, 2.05) is 45.0 Å². The van der Waals surface area contributed by atoms with Gasteiger partial charge in [0, 0.05) is 11.6 Å². The molecule has 0 aliphatic carbocycles. The van der Waals surface area contributed by atoms with Gasteiger partial charge in [0.15, 0.2) is 0 Å². The molecule has 0 saturated carbocycles. The number of para-hydroxylation sites is 1. The minimum Gasteiger partial charge on any atom is -0.490 e. The van der Waals surface area contributed by atoms with E-state index in [4.69, 9.17) is 10.5 Å². The summed E-state index contributed by atoms with van der Waals surface area (Å²) in [6.45, 7) is 7.92. The summed E-state index contributed by atoms with van der Waals surface area (Å²) in [5.74, 6) is 0.897.